The van der Waals surface area contributed by atoms with Crippen molar-refractivity contribution in [2.75, 3.05) is 0 Å². The molecule has 0 spiro atoms. The van der Waals surface area contributed by atoms with Gasteiger partial charge in [-0.1, -0.05) is 62.9 Å². The lowest BCUT2D eigenvalue weighted by molar-refractivity contribution is 1.43. The van der Waals surface area contributed by atoms with E-state index in [0.717, 1.165) is 22.0 Å². The van der Waals surface area contributed by atoms with Crippen LogP contribution in [0.25, 0.3) is 11.1 Å². The zero-order valence-corrected chi connectivity index (χ0v) is 12.5. The molecule has 0 fully saturated rings. The van der Waals surface area contributed by atoms with E-state index in [1.807, 2.05) is 36.4 Å². The summed E-state index contributed by atoms with van der Waals surface area (Å²) in [6, 6.07) is 11.2. The number of hydrogen-bond donors (Lipinski definition) is 0. The summed E-state index contributed by atoms with van der Waals surface area (Å²) in [6.07, 6.45) is 0. The molecule has 0 unspecified atom stereocenters. The number of halogens is 4. The van der Waals surface area contributed by atoms with E-state index in [0.29, 0.717) is 15.1 Å². The van der Waals surface area contributed by atoms with Gasteiger partial charge in [0.2, 0.25) is 0 Å². The number of benzene rings is 2. The Morgan fingerprint density at radius 3 is 2.18 bits per heavy atom. The van der Waals surface area contributed by atoms with E-state index in [2.05, 4.69) is 15.9 Å². The highest BCUT2D eigenvalue weighted by Crippen LogP contribution is 2.38. The molecule has 0 heterocycles. The van der Waals surface area contributed by atoms with Crippen LogP contribution in [-0.2, 0) is 5.33 Å². The summed E-state index contributed by atoms with van der Waals surface area (Å²) >= 11 is 21.9. The van der Waals surface area contributed by atoms with Crippen molar-refractivity contribution in [1.82, 2.24) is 0 Å². The molecule has 0 amide bonds. The second-order valence-corrected chi connectivity index (χ2v) is 5.34. The summed E-state index contributed by atoms with van der Waals surface area (Å²) in [5, 5.41) is 2.64. The van der Waals surface area contributed by atoms with Crippen molar-refractivity contribution in [2.24, 2.45) is 0 Å². The Bertz CT molecular complexity index is 532. The fourth-order valence-electron chi connectivity index (χ4n) is 1.65. The molecule has 88 valence electrons. The first kappa shape index (κ1) is 13.2. The summed E-state index contributed by atoms with van der Waals surface area (Å²) in [5.41, 5.74) is 2.89. The van der Waals surface area contributed by atoms with Crippen molar-refractivity contribution in [3.63, 3.8) is 0 Å². The summed E-state index contributed by atoms with van der Waals surface area (Å²) in [5.74, 6) is 0. The molecule has 17 heavy (non-hydrogen) atoms. The highest BCUT2D eigenvalue weighted by Gasteiger charge is 2.12. The van der Waals surface area contributed by atoms with Crippen LogP contribution in [0.15, 0.2) is 36.4 Å². The van der Waals surface area contributed by atoms with Gasteiger partial charge in [0.25, 0.3) is 0 Å². The zero-order valence-electron chi connectivity index (χ0n) is 8.68. The first-order valence-electron chi connectivity index (χ1n) is 4.92. The fraction of sp³-hybridized carbons (Fsp3) is 0.0769. The number of hydrogen-bond acceptors (Lipinski definition) is 0. The van der Waals surface area contributed by atoms with Gasteiger partial charge in [0, 0.05) is 26.0 Å². The fourth-order valence-corrected chi connectivity index (χ4v) is 2.92. The van der Waals surface area contributed by atoms with Gasteiger partial charge in [-0.15, -0.1) is 0 Å². The molecule has 0 aliphatic rings. The van der Waals surface area contributed by atoms with Crippen molar-refractivity contribution in [3.8, 4) is 11.1 Å². The van der Waals surface area contributed by atoms with E-state index < -0.39 is 0 Å². The lowest BCUT2D eigenvalue weighted by Crippen LogP contribution is -1.88. The first-order chi connectivity index (χ1) is 8.13. The molecule has 0 aliphatic carbocycles. The van der Waals surface area contributed by atoms with Crippen LogP contribution in [0.5, 0.6) is 0 Å². The molecule has 0 N–H and O–H groups in total. The Labute approximate surface area is 124 Å². The van der Waals surface area contributed by atoms with Gasteiger partial charge in [-0.3, -0.25) is 0 Å². The topological polar surface area (TPSA) is 0 Å². The molecule has 2 aromatic carbocycles. The summed E-state index contributed by atoms with van der Waals surface area (Å²) in [6.45, 7) is 0. The lowest BCUT2D eigenvalue weighted by Gasteiger charge is -2.11. The predicted molar refractivity (Wildman–Crippen MR) is 79.5 cm³/mol. The Morgan fingerprint density at radius 2 is 1.59 bits per heavy atom. The molecule has 0 bridgehead atoms. The maximum Gasteiger partial charge on any atom is 0.0499 e. The van der Waals surface area contributed by atoms with Crippen LogP contribution in [0.3, 0.4) is 0 Å². The van der Waals surface area contributed by atoms with Gasteiger partial charge in [-0.05, 0) is 35.4 Å². The zero-order chi connectivity index (χ0) is 12.4. The highest BCUT2D eigenvalue weighted by atomic mass is 79.9. The third-order valence-corrected chi connectivity index (χ3v) is 3.92. The van der Waals surface area contributed by atoms with Gasteiger partial charge in [0.15, 0.2) is 0 Å². The Hall–Kier alpha value is -0.210. The van der Waals surface area contributed by atoms with E-state index in [1.54, 1.807) is 0 Å². The molecule has 0 nitrogen and oxygen atoms in total. The molecule has 0 atom stereocenters. The lowest BCUT2D eigenvalue weighted by atomic mass is 10.0. The van der Waals surface area contributed by atoms with E-state index in [4.69, 9.17) is 34.8 Å². The maximum absolute atomic E-state index is 6.20. The van der Waals surface area contributed by atoms with Gasteiger partial charge in [0.1, 0.15) is 0 Å². The van der Waals surface area contributed by atoms with E-state index in [1.165, 1.54) is 0 Å². The van der Waals surface area contributed by atoms with Crippen LogP contribution < -0.4 is 0 Å². The minimum absolute atomic E-state index is 0.627. The average molecular weight is 350 g/mol. The quantitative estimate of drug-likeness (QED) is 0.565. The largest absolute Gasteiger partial charge is 0.0876 e. The van der Waals surface area contributed by atoms with Crippen molar-refractivity contribution in [3.05, 3.63) is 57.0 Å². The molecule has 0 saturated carbocycles. The van der Waals surface area contributed by atoms with Crippen molar-refractivity contribution < 1.29 is 0 Å². The number of alkyl halides is 1. The van der Waals surface area contributed by atoms with E-state index in [-0.39, 0.29) is 0 Å². The van der Waals surface area contributed by atoms with Crippen LogP contribution >= 0.6 is 50.7 Å². The smallest absolute Gasteiger partial charge is 0.0499 e. The maximum atomic E-state index is 6.20. The third-order valence-electron chi connectivity index (χ3n) is 2.45. The van der Waals surface area contributed by atoms with Crippen LogP contribution in [0, 0.1) is 0 Å². The van der Waals surface area contributed by atoms with Gasteiger partial charge in [0.05, 0.1) is 0 Å². The van der Waals surface area contributed by atoms with Crippen LogP contribution in [0.2, 0.25) is 15.1 Å². The standard InChI is InChI=1S/C13H8BrCl3/c14-7-8-4-5-9(15)6-10(8)13-11(16)2-1-3-12(13)17/h1-6H,7H2. The Morgan fingerprint density at radius 1 is 0.941 bits per heavy atom. The molecular formula is C13H8BrCl3. The summed E-state index contributed by atoms with van der Waals surface area (Å²) < 4.78 is 0. The minimum Gasteiger partial charge on any atom is -0.0876 e. The minimum atomic E-state index is 0.627. The summed E-state index contributed by atoms with van der Waals surface area (Å²) in [7, 11) is 0. The normalized spacial score (nSPS) is 10.6. The molecule has 0 saturated heterocycles. The van der Waals surface area contributed by atoms with Gasteiger partial charge in [-0.2, -0.15) is 0 Å². The highest BCUT2D eigenvalue weighted by molar-refractivity contribution is 9.08. The predicted octanol–water partition coefficient (Wildman–Crippen LogP) is 6.21. The molecule has 4 heteroatoms. The summed E-state index contributed by atoms with van der Waals surface area (Å²) in [4.78, 5) is 0. The molecule has 0 aliphatic heterocycles. The molecule has 2 aromatic rings. The molecule has 0 aromatic heterocycles. The van der Waals surface area contributed by atoms with Crippen molar-refractivity contribution in [2.45, 2.75) is 5.33 Å². The molecular weight excluding hydrogens is 342 g/mol. The van der Waals surface area contributed by atoms with Crippen LogP contribution in [-0.4, -0.2) is 0 Å². The number of rotatable bonds is 2. The van der Waals surface area contributed by atoms with Gasteiger partial charge in [-0.25, -0.2) is 0 Å². The van der Waals surface area contributed by atoms with Crippen LogP contribution in [0.1, 0.15) is 5.56 Å². The second kappa shape index (κ2) is 5.62. The van der Waals surface area contributed by atoms with Gasteiger partial charge < -0.3 is 0 Å². The third kappa shape index (κ3) is 2.79. The van der Waals surface area contributed by atoms with Crippen LogP contribution in [0.4, 0.5) is 0 Å². The SMILES string of the molecule is Clc1ccc(CBr)c(-c2c(Cl)cccc2Cl)c1. The molecule has 0 radical (unpaired) electrons. The van der Waals surface area contributed by atoms with Gasteiger partial charge >= 0.3 is 0 Å². The second-order valence-electron chi connectivity index (χ2n) is 3.53. The first-order valence-corrected chi connectivity index (χ1v) is 7.18. The van der Waals surface area contributed by atoms with Crippen molar-refractivity contribution in [1.29, 1.82) is 0 Å². The van der Waals surface area contributed by atoms with E-state index >= 15 is 0 Å². The van der Waals surface area contributed by atoms with Crippen molar-refractivity contribution >= 4 is 50.7 Å². The Kier molecular flexibility index (Phi) is 4.37. The van der Waals surface area contributed by atoms with E-state index in [9.17, 15) is 0 Å². The average Bonchev–Trinajstić information content (AvgIpc) is 2.29. The monoisotopic (exact) mass is 348 g/mol. The Balaban J connectivity index is 2.71. The molecule has 2 rings (SSSR count).